The maximum absolute atomic E-state index is 6.08. The van der Waals surface area contributed by atoms with Gasteiger partial charge >= 0.3 is 0 Å². The fraction of sp³-hybridized carbons (Fsp3) is 1.00. The SMILES string of the molecule is CCCCCCC(Cl)CCCN. The molecule has 0 fully saturated rings. The quantitative estimate of drug-likeness (QED) is 0.463. The minimum absolute atomic E-state index is 0.366. The second-order valence-electron chi connectivity index (χ2n) is 3.38. The van der Waals surface area contributed by atoms with E-state index in [1.54, 1.807) is 0 Å². The van der Waals surface area contributed by atoms with Crippen LogP contribution in [0.5, 0.6) is 0 Å². The van der Waals surface area contributed by atoms with Gasteiger partial charge in [0.15, 0.2) is 0 Å². The van der Waals surface area contributed by atoms with Gasteiger partial charge in [0, 0.05) is 5.38 Å². The average Bonchev–Trinajstić information content (AvgIpc) is 2.09. The third kappa shape index (κ3) is 8.35. The van der Waals surface area contributed by atoms with Crippen molar-refractivity contribution in [3.05, 3.63) is 0 Å². The molecule has 2 heteroatoms. The minimum Gasteiger partial charge on any atom is -0.330 e. The highest BCUT2D eigenvalue weighted by Gasteiger charge is 2.02. The first-order valence-electron chi connectivity index (χ1n) is 5.15. The molecule has 0 aliphatic heterocycles. The molecule has 0 rings (SSSR count). The molecule has 0 saturated heterocycles. The van der Waals surface area contributed by atoms with Gasteiger partial charge in [-0.05, 0) is 25.8 Å². The Labute approximate surface area is 81.7 Å². The molecule has 0 aromatic carbocycles. The molecule has 0 saturated carbocycles. The van der Waals surface area contributed by atoms with Gasteiger partial charge in [-0.25, -0.2) is 0 Å². The van der Waals surface area contributed by atoms with Crippen molar-refractivity contribution in [3.8, 4) is 0 Å². The van der Waals surface area contributed by atoms with Crippen molar-refractivity contribution in [1.82, 2.24) is 0 Å². The second kappa shape index (κ2) is 9.34. The van der Waals surface area contributed by atoms with Gasteiger partial charge in [0.2, 0.25) is 0 Å². The van der Waals surface area contributed by atoms with Gasteiger partial charge < -0.3 is 5.73 Å². The summed E-state index contributed by atoms with van der Waals surface area (Å²) in [6.45, 7) is 3.00. The standard InChI is InChI=1S/C10H22ClN/c1-2-3-4-5-7-10(11)8-6-9-12/h10H,2-9,12H2,1H3. The van der Waals surface area contributed by atoms with E-state index in [9.17, 15) is 0 Å². The molecule has 1 atom stereocenters. The maximum Gasteiger partial charge on any atom is 0.0336 e. The number of nitrogens with two attached hydrogens (primary N) is 1. The lowest BCUT2D eigenvalue weighted by Crippen LogP contribution is -2.04. The Morgan fingerprint density at radius 1 is 1.08 bits per heavy atom. The molecular formula is C10H22ClN. The fourth-order valence-corrected chi connectivity index (χ4v) is 1.58. The van der Waals surface area contributed by atoms with E-state index >= 15 is 0 Å². The van der Waals surface area contributed by atoms with Crippen LogP contribution in [-0.4, -0.2) is 11.9 Å². The molecule has 2 N–H and O–H groups in total. The minimum atomic E-state index is 0.366. The number of hydrogen-bond donors (Lipinski definition) is 1. The van der Waals surface area contributed by atoms with Gasteiger partial charge in [0.25, 0.3) is 0 Å². The fourth-order valence-electron chi connectivity index (χ4n) is 1.28. The van der Waals surface area contributed by atoms with Crippen molar-refractivity contribution in [1.29, 1.82) is 0 Å². The summed E-state index contributed by atoms with van der Waals surface area (Å²) in [7, 11) is 0. The molecule has 12 heavy (non-hydrogen) atoms. The van der Waals surface area contributed by atoms with Crippen LogP contribution in [0, 0.1) is 0 Å². The van der Waals surface area contributed by atoms with Crippen LogP contribution in [0.4, 0.5) is 0 Å². The lowest BCUT2D eigenvalue weighted by atomic mass is 10.1. The monoisotopic (exact) mass is 191 g/mol. The van der Waals surface area contributed by atoms with Crippen molar-refractivity contribution >= 4 is 11.6 Å². The predicted molar refractivity (Wildman–Crippen MR) is 56.7 cm³/mol. The maximum atomic E-state index is 6.08. The summed E-state index contributed by atoms with van der Waals surface area (Å²) in [4.78, 5) is 0. The predicted octanol–water partition coefficient (Wildman–Crippen LogP) is 3.30. The highest BCUT2D eigenvalue weighted by Crippen LogP contribution is 2.14. The van der Waals surface area contributed by atoms with E-state index in [-0.39, 0.29) is 0 Å². The Morgan fingerprint density at radius 2 is 1.75 bits per heavy atom. The third-order valence-corrected chi connectivity index (χ3v) is 2.53. The summed E-state index contributed by atoms with van der Waals surface area (Å²) < 4.78 is 0. The van der Waals surface area contributed by atoms with Crippen molar-refractivity contribution in [2.75, 3.05) is 6.54 Å². The van der Waals surface area contributed by atoms with Crippen molar-refractivity contribution in [3.63, 3.8) is 0 Å². The smallest absolute Gasteiger partial charge is 0.0336 e. The molecule has 0 aliphatic rings. The summed E-state index contributed by atoms with van der Waals surface area (Å²) in [5.41, 5.74) is 5.39. The first kappa shape index (κ1) is 12.2. The van der Waals surface area contributed by atoms with E-state index < -0.39 is 0 Å². The van der Waals surface area contributed by atoms with Crippen LogP contribution in [0.3, 0.4) is 0 Å². The number of alkyl halides is 1. The Morgan fingerprint density at radius 3 is 2.33 bits per heavy atom. The Hall–Kier alpha value is 0.250. The number of hydrogen-bond acceptors (Lipinski definition) is 1. The molecular weight excluding hydrogens is 170 g/mol. The lowest BCUT2D eigenvalue weighted by molar-refractivity contribution is 0.584. The zero-order chi connectivity index (χ0) is 9.23. The van der Waals surface area contributed by atoms with Crippen molar-refractivity contribution in [2.24, 2.45) is 5.73 Å². The van der Waals surface area contributed by atoms with E-state index in [4.69, 9.17) is 17.3 Å². The molecule has 0 aromatic rings. The van der Waals surface area contributed by atoms with E-state index in [1.807, 2.05) is 0 Å². The molecule has 0 amide bonds. The average molecular weight is 192 g/mol. The van der Waals surface area contributed by atoms with Gasteiger partial charge in [-0.1, -0.05) is 32.6 Å². The highest BCUT2D eigenvalue weighted by molar-refractivity contribution is 6.20. The van der Waals surface area contributed by atoms with Crippen molar-refractivity contribution in [2.45, 2.75) is 57.2 Å². The summed E-state index contributed by atoms with van der Waals surface area (Å²) in [5, 5.41) is 0.366. The topological polar surface area (TPSA) is 26.0 Å². The van der Waals surface area contributed by atoms with Crippen LogP contribution < -0.4 is 5.73 Å². The number of rotatable bonds is 8. The van der Waals surface area contributed by atoms with Crippen LogP contribution in [0.25, 0.3) is 0 Å². The molecule has 0 aromatic heterocycles. The van der Waals surface area contributed by atoms with Crippen LogP contribution in [-0.2, 0) is 0 Å². The molecule has 0 aliphatic carbocycles. The normalized spacial score (nSPS) is 13.2. The largest absolute Gasteiger partial charge is 0.330 e. The second-order valence-corrected chi connectivity index (χ2v) is 3.99. The zero-order valence-corrected chi connectivity index (χ0v) is 8.95. The van der Waals surface area contributed by atoms with Crippen LogP contribution in [0.2, 0.25) is 0 Å². The van der Waals surface area contributed by atoms with Gasteiger partial charge in [-0.3, -0.25) is 0 Å². The highest BCUT2D eigenvalue weighted by atomic mass is 35.5. The summed E-state index contributed by atoms with van der Waals surface area (Å²) in [6.07, 6.45) is 8.60. The Kier molecular flexibility index (Phi) is 9.53. The van der Waals surface area contributed by atoms with Crippen LogP contribution in [0.1, 0.15) is 51.9 Å². The molecule has 0 heterocycles. The molecule has 1 unspecified atom stereocenters. The van der Waals surface area contributed by atoms with E-state index in [0.717, 1.165) is 19.4 Å². The number of halogens is 1. The van der Waals surface area contributed by atoms with Crippen molar-refractivity contribution < 1.29 is 0 Å². The zero-order valence-electron chi connectivity index (χ0n) is 8.19. The van der Waals surface area contributed by atoms with Gasteiger partial charge in [0.1, 0.15) is 0 Å². The van der Waals surface area contributed by atoms with Gasteiger partial charge in [-0.2, -0.15) is 0 Å². The third-order valence-electron chi connectivity index (χ3n) is 2.09. The van der Waals surface area contributed by atoms with E-state index in [0.29, 0.717) is 5.38 Å². The van der Waals surface area contributed by atoms with Gasteiger partial charge in [0.05, 0.1) is 0 Å². The molecule has 74 valence electrons. The van der Waals surface area contributed by atoms with Gasteiger partial charge in [-0.15, -0.1) is 11.6 Å². The van der Waals surface area contributed by atoms with E-state index in [1.165, 1.54) is 32.1 Å². The Bertz CT molecular complexity index is 85.9. The summed E-state index contributed by atoms with van der Waals surface area (Å²) >= 11 is 6.08. The summed E-state index contributed by atoms with van der Waals surface area (Å²) in [5.74, 6) is 0. The molecule has 1 nitrogen and oxygen atoms in total. The van der Waals surface area contributed by atoms with E-state index in [2.05, 4.69) is 6.92 Å². The lowest BCUT2D eigenvalue weighted by Gasteiger charge is -2.07. The molecule has 0 radical (unpaired) electrons. The first-order valence-corrected chi connectivity index (χ1v) is 5.59. The molecule has 0 spiro atoms. The van der Waals surface area contributed by atoms with Crippen LogP contribution in [0.15, 0.2) is 0 Å². The summed E-state index contributed by atoms with van der Waals surface area (Å²) in [6, 6.07) is 0. The number of unbranched alkanes of at least 4 members (excludes halogenated alkanes) is 3. The van der Waals surface area contributed by atoms with Crippen LogP contribution >= 0.6 is 11.6 Å². The molecule has 0 bridgehead atoms. The Balaban J connectivity index is 3.02. The first-order chi connectivity index (χ1) is 5.81.